The number of hydrogen-bond donors (Lipinski definition) is 2. The van der Waals surface area contributed by atoms with E-state index in [2.05, 4.69) is 5.32 Å². The number of aryl methyl sites for hydroxylation is 1. The summed E-state index contributed by atoms with van der Waals surface area (Å²) in [5.41, 5.74) is -7.43. The van der Waals surface area contributed by atoms with Crippen LogP contribution in [0.3, 0.4) is 0 Å². The molecule has 1 fully saturated rings. The molecule has 1 aromatic carbocycles. The average molecular weight is 746 g/mol. The normalized spacial score (nSPS) is 22.5. The Morgan fingerprint density at radius 2 is 1.77 bits per heavy atom. The summed E-state index contributed by atoms with van der Waals surface area (Å²) in [5, 5.41) is 12.7. The van der Waals surface area contributed by atoms with Gasteiger partial charge >= 0.3 is 18.4 Å². The molecule has 15 heteroatoms. The maximum Gasteiger partial charge on any atom is 0.430 e. The van der Waals surface area contributed by atoms with Gasteiger partial charge in [0, 0.05) is 24.4 Å². The number of nitrogens with zero attached hydrogens (tertiary/aromatic N) is 1. The second-order valence-electron chi connectivity index (χ2n) is 10.8. The Kier molecular flexibility index (Phi) is 10.1. The zero-order valence-electron chi connectivity index (χ0n) is 24.0. The van der Waals surface area contributed by atoms with Crippen LogP contribution < -0.4 is 10.1 Å². The van der Waals surface area contributed by atoms with Crippen molar-refractivity contribution in [1.82, 2.24) is 10.2 Å². The van der Waals surface area contributed by atoms with Gasteiger partial charge in [0.2, 0.25) is 0 Å². The Hall–Kier alpha value is -2.69. The minimum absolute atomic E-state index is 0.0246. The molecule has 3 amide bonds. The number of benzene rings is 1. The number of alkyl halides is 6. The van der Waals surface area contributed by atoms with Crippen molar-refractivity contribution >= 4 is 34.5 Å². The number of halogens is 7. The fourth-order valence-corrected chi connectivity index (χ4v) is 6.53. The van der Waals surface area contributed by atoms with Crippen LogP contribution in [-0.4, -0.2) is 66.2 Å². The van der Waals surface area contributed by atoms with Crippen LogP contribution in [0.4, 0.5) is 31.1 Å². The number of aliphatic hydroxyl groups is 1. The molecular formula is C29H33F6IN2O6. The number of ether oxygens (including phenoxy) is 3. The maximum atomic E-state index is 13.5. The fraction of sp³-hybridized carbons (Fsp3) is 0.586. The molecule has 0 saturated carbocycles. The molecule has 4 rings (SSSR count). The molecule has 0 spiro atoms. The SMILES string of the molecule is CCCc1cc(C(O)(C(F)(F)F)C(F)(F)F)cc(I)c1OCCCCN1C(=O)NC(CC)(C2C=CC3=C(C2)OCCO3)C1=O. The second-order valence-corrected chi connectivity index (χ2v) is 12.0. The lowest BCUT2D eigenvalue weighted by molar-refractivity contribution is -0.376. The Morgan fingerprint density at radius 3 is 2.41 bits per heavy atom. The van der Waals surface area contributed by atoms with Crippen LogP contribution in [0.15, 0.2) is 35.8 Å². The molecule has 2 atom stereocenters. The molecule has 1 aromatic rings. The number of nitrogens with one attached hydrogen (secondary N) is 1. The van der Waals surface area contributed by atoms with Gasteiger partial charge in [0.25, 0.3) is 11.5 Å². The van der Waals surface area contributed by atoms with Crippen LogP contribution in [-0.2, 0) is 26.3 Å². The first kappa shape index (κ1) is 34.2. The van der Waals surface area contributed by atoms with E-state index < -0.39 is 35.1 Å². The van der Waals surface area contributed by atoms with Crippen LogP contribution in [0, 0.1) is 9.49 Å². The molecule has 0 radical (unpaired) electrons. The summed E-state index contributed by atoms with van der Waals surface area (Å²) in [7, 11) is 0. The smallest absolute Gasteiger partial charge is 0.430 e. The zero-order chi connectivity index (χ0) is 32.5. The Labute approximate surface area is 263 Å². The van der Waals surface area contributed by atoms with Crippen LogP contribution in [0.1, 0.15) is 57.1 Å². The van der Waals surface area contributed by atoms with Crippen LogP contribution >= 0.6 is 22.6 Å². The highest BCUT2D eigenvalue weighted by Crippen LogP contribution is 2.51. The molecule has 2 unspecified atom stereocenters. The van der Waals surface area contributed by atoms with Crippen molar-refractivity contribution < 1.29 is 55.2 Å². The molecule has 2 N–H and O–H groups in total. The summed E-state index contributed by atoms with van der Waals surface area (Å²) in [6, 6.07) is 0.781. The lowest BCUT2D eigenvalue weighted by atomic mass is 9.77. The number of rotatable bonds is 11. The van der Waals surface area contributed by atoms with Gasteiger partial charge in [-0.1, -0.05) is 26.3 Å². The first-order valence-electron chi connectivity index (χ1n) is 14.2. The third-order valence-electron chi connectivity index (χ3n) is 8.07. The second kappa shape index (κ2) is 13.0. The minimum Gasteiger partial charge on any atom is -0.492 e. The van der Waals surface area contributed by atoms with E-state index >= 15 is 0 Å². The standard InChI is InChI=1S/C29H33F6IN2O6/c1-3-7-17-14-19(27(41,28(30,31)32)29(33,34)35)15-20(36)23(17)44-11-6-5-10-38-24(39)26(4-2,37-25(38)40)18-8-9-21-22(16-18)43-13-12-42-21/h8-9,14-15,18,41H,3-7,10-13,16H2,1-2H3,(H,37,40). The predicted molar refractivity (Wildman–Crippen MR) is 153 cm³/mol. The van der Waals surface area contributed by atoms with E-state index in [1.54, 1.807) is 35.6 Å². The van der Waals surface area contributed by atoms with E-state index in [0.29, 0.717) is 69.0 Å². The highest BCUT2D eigenvalue weighted by atomic mass is 127. The largest absolute Gasteiger partial charge is 0.492 e. The fourth-order valence-electron chi connectivity index (χ4n) is 5.69. The number of allylic oxidation sites excluding steroid dienone is 2. The van der Waals surface area contributed by atoms with Crippen molar-refractivity contribution in [3.05, 3.63) is 50.5 Å². The van der Waals surface area contributed by atoms with Crippen molar-refractivity contribution in [3.8, 4) is 5.75 Å². The van der Waals surface area contributed by atoms with Crippen LogP contribution in [0.5, 0.6) is 5.75 Å². The van der Waals surface area contributed by atoms with E-state index in [4.69, 9.17) is 14.2 Å². The van der Waals surface area contributed by atoms with Crippen molar-refractivity contribution in [1.29, 1.82) is 0 Å². The van der Waals surface area contributed by atoms with Gasteiger partial charge < -0.3 is 24.6 Å². The summed E-state index contributed by atoms with van der Waals surface area (Å²) in [4.78, 5) is 27.6. The van der Waals surface area contributed by atoms with Gasteiger partial charge in [-0.15, -0.1) is 0 Å². The average Bonchev–Trinajstić information content (AvgIpc) is 3.21. The number of carbonyl (C=O) groups is 2. The van der Waals surface area contributed by atoms with Gasteiger partial charge in [-0.2, -0.15) is 26.3 Å². The van der Waals surface area contributed by atoms with Crippen LogP contribution in [0.2, 0.25) is 0 Å². The monoisotopic (exact) mass is 746 g/mol. The maximum absolute atomic E-state index is 13.5. The molecule has 8 nitrogen and oxygen atoms in total. The van der Waals surface area contributed by atoms with E-state index in [1.807, 2.05) is 13.0 Å². The first-order valence-corrected chi connectivity index (χ1v) is 15.3. The van der Waals surface area contributed by atoms with Crippen molar-refractivity contribution in [2.24, 2.45) is 5.92 Å². The lowest BCUT2D eigenvalue weighted by Crippen LogP contribution is -2.54. The molecule has 244 valence electrons. The van der Waals surface area contributed by atoms with Gasteiger partial charge in [-0.05, 0) is 72.0 Å². The van der Waals surface area contributed by atoms with Crippen molar-refractivity contribution in [3.63, 3.8) is 0 Å². The molecule has 0 aromatic heterocycles. The number of unbranched alkanes of at least 4 members (excludes halogenated alkanes) is 1. The van der Waals surface area contributed by atoms with Gasteiger partial charge in [0.15, 0.2) is 5.76 Å². The van der Waals surface area contributed by atoms with E-state index in [-0.39, 0.29) is 46.3 Å². The zero-order valence-corrected chi connectivity index (χ0v) is 26.2. The summed E-state index contributed by atoms with van der Waals surface area (Å²) in [5.74, 6) is 0.677. The molecule has 44 heavy (non-hydrogen) atoms. The molecule has 1 saturated heterocycles. The molecule has 3 aliphatic rings. The number of amides is 3. The van der Waals surface area contributed by atoms with Gasteiger partial charge in [-0.3, -0.25) is 9.69 Å². The van der Waals surface area contributed by atoms with Crippen molar-refractivity contribution in [2.75, 3.05) is 26.4 Å². The van der Waals surface area contributed by atoms with Gasteiger partial charge in [-0.25, -0.2) is 4.79 Å². The van der Waals surface area contributed by atoms with E-state index in [9.17, 15) is 41.0 Å². The molecule has 0 bridgehead atoms. The van der Waals surface area contributed by atoms with Crippen molar-refractivity contribution in [2.45, 2.75) is 75.9 Å². The molecular weight excluding hydrogens is 713 g/mol. The number of urea groups is 1. The third kappa shape index (κ3) is 6.22. The summed E-state index contributed by atoms with van der Waals surface area (Å²) in [6.45, 7) is 4.46. The first-order chi connectivity index (χ1) is 20.6. The van der Waals surface area contributed by atoms with E-state index in [0.717, 1.165) is 4.90 Å². The number of carbonyl (C=O) groups excluding carboxylic acids is 2. The third-order valence-corrected chi connectivity index (χ3v) is 8.87. The topological polar surface area (TPSA) is 97.3 Å². The summed E-state index contributed by atoms with van der Waals surface area (Å²) in [6.07, 6.45) is -6.48. The van der Waals surface area contributed by atoms with Gasteiger partial charge in [0.05, 0.1) is 10.2 Å². The molecule has 1 aliphatic carbocycles. The van der Waals surface area contributed by atoms with Crippen LogP contribution in [0.25, 0.3) is 0 Å². The quantitative estimate of drug-likeness (QED) is 0.120. The number of imide groups is 1. The Bertz CT molecular complexity index is 1320. The molecule has 2 heterocycles. The Morgan fingerprint density at radius 1 is 1.09 bits per heavy atom. The highest BCUT2D eigenvalue weighted by molar-refractivity contribution is 14.1. The molecule has 2 aliphatic heterocycles. The summed E-state index contributed by atoms with van der Waals surface area (Å²) < 4.78 is 97.9. The highest BCUT2D eigenvalue weighted by Gasteiger charge is 2.71. The minimum atomic E-state index is -6.00. The number of hydrogen-bond acceptors (Lipinski definition) is 6. The van der Waals surface area contributed by atoms with Gasteiger partial charge in [0.1, 0.15) is 30.3 Å². The summed E-state index contributed by atoms with van der Waals surface area (Å²) >= 11 is 1.58. The Balaban J connectivity index is 1.40. The van der Waals surface area contributed by atoms with E-state index in [1.165, 1.54) is 0 Å². The lowest BCUT2D eigenvalue weighted by Gasteiger charge is -2.36. The predicted octanol–water partition coefficient (Wildman–Crippen LogP) is 6.25.